The van der Waals surface area contributed by atoms with Crippen molar-refractivity contribution < 1.29 is 21.6 Å². The molecule has 1 aliphatic heterocycles. The topological polar surface area (TPSA) is 43.6 Å². The SMILES string of the molecule is [B]=[N-].[CH2-][C@@H]1CON[C@@H]1[CH-]CC.[Co+3]. The molecule has 1 heterocycles. The molecule has 0 saturated carbocycles. The number of rotatable bonds is 2. The zero-order chi connectivity index (χ0) is 8.69. The predicted molar refractivity (Wildman–Crippen MR) is 45.4 cm³/mol. The summed E-state index contributed by atoms with van der Waals surface area (Å²) >= 11 is 0. The Balaban J connectivity index is 0. The van der Waals surface area contributed by atoms with Gasteiger partial charge < -0.3 is 18.2 Å². The van der Waals surface area contributed by atoms with E-state index in [9.17, 15) is 0 Å². The Labute approximate surface area is 85.7 Å². The summed E-state index contributed by atoms with van der Waals surface area (Å²) in [6, 6.07) is 0.370. The zero-order valence-electron chi connectivity index (χ0n) is 7.12. The first-order valence-electron chi connectivity index (χ1n) is 3.64. The summed E-state index contributed by atoms with van der Waals surface area (Å²) in [5.74, 6) is 0.393. The van der Waals surface area contributed by atoms with Crippen molar-refractivity contribution in [3.8, 4) is 0 Å². The molecule has 1 radical (unpaired) electrons. The van der Waals surface area contributed by atoms with Crippen molar-refractivity contribution in [2.45, 2.75) is 19.4 Å². The van der Waals surface area contributed by atoms with Gasteiger partial charge in [0.05, 0.1) is 0 Å². The van der Waals surface area contributed by atoms with Gasteiger partial charge in [0.2, 0.25) is 0 Å². The van der Waals surface area contributed by atoms with E-state index in [0.29, 0.717) is 12.0 Å². The van der Waals surface area contributed by atoms with E-state index in [-0.39, 0.29) is 16.8 Å². The Hall–Kier alpha value is 0.291. The monoisotopic (exact) mass is 211 g/mol. The van der Waals surface area contributed by atoms with E-state index >= 15 is 0 Å². The van der Waals surface area contributed by atoms with Gasteiger partial charge in [-0.2, -0.15) is 12.3 Å². The Kier molecular flexibility index (Phi) is 11.6. The molecular formula is C7H13BCoN2O. The van der Waals surface area contributed by atoms with Crippen molar-refractivity contribution in [1.29, 1.82) is 0 Å². The molecule has 1 N–H and O–H groups in total. The third kappa shape index (κ3) is 5.03. The van der Waals surface area contributed by atoms with Crippen LogP contribution in [0.15, 0.2) is 0 Å². The molecule has 69 valence electrons. The molecule has 12 heavy (non-hydrogen) atoms. The largest absolute Gasteiger partial charge is 3.00 e. The van der Waals surface area contributed by atoms with Crippen LogP contribution >= 0.6 is 0 Å². The van der Waals surface area contributed by atoms with Crippen molar-refractivity contribution in [1.82, 2.24) is 5.48 Å². The van der Waals surface area contributed by atoms with Gasteiger partial charge in [-0.1, -0.05) is 6.92 Å². The molecule has 0 aliphatic carbocycles. The number of nitrogens with zero attached hydrogens (tertiary/aromatic N) is 1. The third-order valence-electron chi connectivity index (χ3n) is 1.51. The molecule has 1 saturated heterocycles. The van der Waals surface area contributed by atoms with Gasteiger partial charge in [0, 0.05) is 6.61 Å². The fraction of sp³-hybridized carbons (Fsp3) is 0.714. The molecule has 0 aromatic rings. The van der Waals surface area contributed by atoms with Crippen LogP contribution in [-0.4, -0.2) is 20.3 Å². The van der Waals surface area contributed by atoms with Gasteiger partial charge in [0.1, 0.15) is 0 Å². The van der Waals surface area contributed by atoms with E-state index in [1.807, 2.05) is 0 Å². The van der Waals surface area contributed by atoms with Crippen molar-refractivity contribution in [3.05, 3.63) is 18.7 Å². The normalized spacial score (nSPS) is 26.8. The van der Waals surface area contributed by atoms with Crippen LogP contribution in [-0.2, 0) is 21.6 Å². The van der Waals surface area contributed by atoms with Gasteiger partial charge >= 0.3 is 29.7 Å². The van der Waals surface area contributed by atoms with E-state index in [4.69, 9.17) is 10.1 Å². The Bertz CT molecular complexity index is 107. The minimum Gasteiger partial charge on any atom is -0.339 e. The van der Waals surface area contributed by atoms with E-state index in [1.54, 1.807) is 0 Å². The maximum absolute atomic E-state index is 6.50. The minimum atomic E-state index is 0. The average Bonchev–Trinajstić information content (AvgIpc) is 2.42. The summed E-state index contributed by atoms with van der Waals surface area (Å²) in [6.07, 6.45) is 3.26. The van der Waals surface area contributed by atoms with Crippen LogP contribution < -0.4 is 5.48 Å². The van der Waals surface area contributed by atoms with E-state index in [2.05, 4.69) is 33.4 Å². The second-order valence-corrected chi connectivity index (χ2v) is 2.36. The summed E-state index contributed by atoms with van der Waals surface area (Å²) in [4.78, 5) is 4.98. The fourth-order valence-electron chi connectivity index (χ4n) is 0.946. The molecule has 1 fully saturated rings. The Morgan fingerprint density at radius 2 is 2.33 bits per heavy atom. The third-order valence-corrected chi connectivity index (χ3v) is 1.51. The molecule has 0 aromatic heterocycles. The predicted octanol–water partition coefficient (Wildman–Crippen LogP) is 0.860. The van der Waals surface area contributed by atoms with Crippen LogP contribution in [0.1, 0.15) is 13.3 Å². The second-order valence-electron chi connectivity index (χ2n) is 2.36. The Morgan fingerprint density at radius 1 is 1.75 bits per heavy atom. The van der Waals surface area contributed by atoms with E-state index in [0.717, 1.165) is 13.0 Å². The zero-order valence-corrected chi connectivity index (χ0v) is 8.16. The van der Waals surface area contributed by atoms with Crippen LogP contribution in [0.4, 0.5) is 0 Å². The van der Waals surface area contributed by atoms with Gasteiger partial charge in [-0.15, -0.1) is 6.04 Å². The second kappa shape index (κ2) is 9.38. The van der Waals surface area contributed by atoms with Crippen LogP contribution in [0.5, 0.6) is 0 Å². The molecule has 0 bridgehead atoms. The molecule has 0 aromatic carbocycles. The first-order valence-corrected chi connectivity index (χ1v) is 3.64. The molecule has 3 nitrogen and oxygen atoms in total. The fourth-order valence-corrected chi connectivity index (χ4v) is 0.946. The van der Waals surface area contributed by atoms with E-state index in [1.165, 1.54) is 0 Å². The first kappa shape index (κ1) is 14.8. The molecule has 0 spiro atoms. The number of hydroxylamine groups is 1. The molecular weight excluding hydrogens is 198 g/mol. The first-order chi connectivity index (χ1) is 5.34. The molecule has 0 unspecified atom stereocenters. The van der Waals surface area contributed by atoms with Crippen molar-refractivity contribution >= 4 is 7.64 Å². The smallest absolute Gasteiger partial charge is 0.339 e. The van der Waals surface area contributed by atoms with Gasteiger partial charge in [-0.25, -0.2) is 5.48 Å². The molecule has 0 amide bonds. The van der Waals surface area contributed by atoms with Gasteiger partial charge in [-0.3, -0.25) is 0 Å². The summed E-state index contributed by atoms with van der Waals surface area (Å²) in [5.41, 5.74) is 2.89. The van der Waals surface area contributed by atoms with Gasteiger partial charge in [0.15, 0.2) is 0 Å². The van der Waals surface area contributed by atoms with Crippen molar-refractivity contribution in [3.63, 3.8) is 0 Å². The van der Waals surface area contributed by atoms with Gasteiger partial charge in [-0.05, 0) is 0 Å². The van der Waals surface area contributed by atoms with Crippen LogP contribution in [0.2, 0.25) is 0 Å². The van der Waals surface area contributed by atoms with E-state index < -0.39 is 0 Å². The van der Waals surface area contributed by atoms with Crippen LogP contribution in [0.3, 0.4) is 0 Å². The summed E-state index contributed by atoms with van der Waals surface area (Å²) in [6.45, 7) is 6.77. The molecule has 1 rings (SSSR count). The standard InChI is InChI=1S/C7H13NO.BN.Co/c1-3-4-7-6(2)5-9-8-7;1-2;/h4,6-8H,2-3,5H2,1H3;;/q-2;-1;+3/t6-,7-;;/m1../s1. The number of hydrogen-bond acceptors (Lipinski definition) is 2. The minimum absolute atomic E-state index is 0. The summed E-state index contributed by atoms with van der Waals surface area (Å²) < 4.78 is 0. The van der Waals surface area contributed by atoms with Crippen LogP contribution in [0, 0.1) is 19.3 Å². The number of hydrogen-bond donors (Lipinski definition) is 1. The maximum atomic E-state index is 6.50. The molecule has 5 heteroatoms. The van der Waals surface area contributed by atoms with Crippen molar-refractivity contribution in [2.75, 3.05) is 6.61 Å². The Morgan fingerprint density at radius 3 is 2.67 bits per heavy atom. The molecule has 2 atom stereocenters. The summed E-state index contributed by atoms with van der Waals surface area (Å²) in [7, 11) is 3.50. The van der Waals surface area contributed by atoms with Crippen molar-refractivity contribution in [2.24, 2.45) is 5.92 Å². The molecule has 1 aliphatic rings. The summed E-state index contributed by atoms with van der Waals surface area (Å²) in [5, 5.41) is 6.50. The number of nitrogens with one attached hydrogen (secondary N) is 1. The van der Waals surface area contributed by atoms with Gasteiger partial charge in [0.25, 0.3) is 0 Å². The van der Waals surface area contributed by atoms with Crippen LogP contribution in [0.25, 0.3) is 5.31 Å². The average molecular weight is 211 g/mol. The maximum Gasteiger partial charge on any atom is 3.00 e. The quantitative estimate of drug-likeness (QED) is 0.543.